The quantitative estimate of drug-likeness (QED) is 0.514. The molecule has 4 rings (SSSR count). The van der Waals surface area contributed by atoms with E-state index in [9.17, 15) is 9.59 Å². The first kappa shape index (κ1) is 18.3. The van der Waals surface area contributed by atoms with Crippen molar-refractivity contribution in [2.75, 3.05) is 0 Å². The summed E-state index contributed by atoms with van der Waals surface area (Å²) in [6, 6.07) is 22.0. The number of nitrogens with one attached hydrogen (secondary N) is 1. The van der Waals surface area contributed by atoms with E-state index in [4.69, 9.17) is 11.6 Å². The molecular formula is C23H19ClN2O2. The van der Waals surface area contributed by atoms with Crippen molar-refractivity contribution in [1.29, 1.82) is 0 Å². The molecule has 4 aromatic rings. The van der Waals surface area contributed by atoms with Gasteiger partial charge in [0.1, 0.15) is 6.54 Å². The minimum atomic E-state index is -0.224. The van der Waals surface area contributed by atoms with Gasteiger partial charge in [0.25, 0.3) is 0 Å². The number of hydrogen-bond donors (Lipinski definition) is 1. The summed E-state index contributed by atoms with van der Waals surface area (Å²) in [5.41, 5.74) is 2.33. The molecule has 140 valence electrons. The van der Waals surface area contributed by atoms with Crippen molar-refractivity contribution in [3.63, 3.8) is 0 Å². The number of nitrogens with zero attached hydrogens (tertiary/aromatic N) is 1. The van der Waals surface area contributed by atoms with Gasteiger partial charge in [-0.05, 0) is 42.8 Å². The SMILES string of the molecule is CC(NC(=O)Cn1c2ccccc2c(=O)c2ccccc21)c1ccccc1Cl. The lowest BCUT2D eigenvalue weighted by Gasteiger charge is -2.18. The lowest BCUT2D eigenvalue weighted by atomic mass is 10.1. The molecule has 1 unspecified atom stereocenters. The maximum Gasteiger partial charge on any atom is 0.240 e. The Balaban J connectivity index is 1.73. The summed E-state index contributed by atoms with van der Waals surface area (Å²) >= 11 is 6.25. The van der Waals surface area contributed by atoms with Gasteiger partial charge >= 0.3 is 0 Å². The van der Waals surface area contributed by atoms with E-state index >= 15 is 0 Å². The zero-order valence-electron chi connectivity index (χ0n) is 15.4. The highest BCUT2D eigenvalue weighted by Gasteiger charge is 2.16. The molecule has 0 spiro atoms. The zero-order chi connectivity index (χ0) is 19.7. The lowest BCUT2D eigenvalue weighted by Crippen LogP contribution is -2.31. The van der Waals surface area contributed by atoms with Gasteiger partial charge in [-0.1, -0.05) is 54.1 Å². The fourth-order valence-electron chi connectivity index (χ4n) is 3.58. The van der Waals surface area contributed by atoms with Crippen LogP contribution in [0.3, 0.4) is 0 Å². The van der Waals surface area contributed by atoms with Crippen LogP contribution in [0.4, 0.5) is 0 Å². The first-order valence-electron chi connectivity index (χ1n) is 9.10. The molecule has 0 fully saturated rings. The van der Waals surface area contributed by atoms with Gasteiger partial charge in [0.2, 0.25) is 5.91 Å². The van der Waals surface area contributed by atoms with Crippen molar-refractivity contribution >= 4 is 39.3 Å². The predicted molar refractivity (Wildman–Crippen MR) is 114 cm³/mol. The minimum absolute atomic E-state index is 0.0210. The zero-order valence-corrected chi connectivity index (χ0v) is 16.1. The van der Waals surface area contributed by atoms with Gasteiger partial charge < -0.3 is 9.88 Å². The van der Waals surface area contributed by atoms with E-state index in [0.29, 0.717) is 15.8 Å². The number of carbonyl (C=O) groups is 1. The molecule has 0 saturated carbocycles. The average Bonchev–Trinajstić information content (AvgIpc) is 2.71. The number of fused-ring (bicyclic) bond motifs is 2. The van der Waals surface area contributed by atoms with Gasteiger partial charge in [0.15, 0.2) is 5.43 Å². The van der Waals surface area contributed by atoms with Crippen molar-refractivity contribution in [3.05, 3.63) is 93.6 Å². The van der Waals surface area contributed by atoms with Crippen molar-refractivity contribution in [3.8, 4) is 0 Å². The number of amides is 1. The van der Waals surface area contributed by atoms with Gasteiger partial charge in [0, 0.05) is 15.8 Å². The maximum atomic E-state index is 12.8. The van der Waals surface area contributed by atoms with Crippen molar-refractivity contribution in [2.45, 2.75) is 19.5 Å². The number of halogens is 1. The highest BCUT2D eigenvalue weighted by Crippen LogP contribution is 2.23. The van der Waals surface area contributed by atoms with Gasteiger partial charge in [0.05, 0.1) is 17.1 Å². The first-order chi connectivity index (χ1) is 13.6. The Kier molecular flexibility index (Phi) is 4.88. The van der Waals surface area contributed by atoms with Crippen LogP contribution in [0, 0.1) is 0 Å². The highest BCUT2D eigenvalue weighted by molar-refractivity contribution is 6.31. The predicted octanol–water partition coefficient (Wildman–Crippen LogP) is 4.69. The number of para-hydroxylation sites is 2. The normalized spacial score (nSPS) is 12.2. The Morgan fingerprint density at radius 2 is 1.46 bits per heavy atom. The topological polar surface area (TPSA) is 51.1 Å². The maximum absolute atomic E-state index is 12.8. The summed E-state index contributed by atoms with van der Waals surface area (Å²) in [6.07, 6.45) is 0. The molecular weight excluding hydrogens is 372 g/mol. The summed E-state index contributed by atoms with van der Waals surface area (Å²) in [7, 11) is 0. The summed E-state index contributed by atoms with van der Waals surface area (Å²) in [6.45, 7) is 2.01. The summed E-state index contributed by atoms with van der Waals surface area (Å²) < 4.78 is 1.89. The molecule has 3 aromatic carbocycles. The third-order valence-corrected chi connectivity index (χ3v) is 5.27. The average molecular weight is 391 g/mol. The van der Waals surface area contributed by atoms with Crippen LogP contribution in [0.5, 0.6) is 0 Å². The van der Waals surface area contributed by atoms with Crippen molar-refractivity contribution < 1.29 is 4.79 Å². The van der Waals surface area contributed by atoms with Gasteiger partial charge in [-0.3, -0.25) is 9.59 Å². The Labute approximate surface area is 167 Å². The standard InChI is InChI=1S/C23H19ClN2O2/c1-15(16-8-2-5-11-19(16)24)25-22(27)14-26-20-12-6-3-9-17(20)23(28)18-10-4-7-13-21(18)26/h2-13,15H,14H2,1H3,(H,25,27). The van der Waals surface area contributed by atoms with E-state index in [0.717, 1.165) is 16.6 Å². The number of benzene rings is 3. The highest BCUT2D eigenvalue weighted by atomic mass is 35.5. The molecule has 1 aromatic heterocycles. The molecule has 0 aliphatic rings. The summed E-state index contributed by atoms with van der Waals surface area (Å²) in [5, 5.41) is 4.84. The molecule has 1 amide bonds. The fraction of sp³-hybridized carbons (Fsp3) is 0.130. The largest absolute Gasteiger partial charge is 0.348 e. The minimum Gasteiger partial charge on any atom is -0.348 e. The molecule has 0 aliphatic heterocycles. The Morgan fingerprint density at radius 1 is 0.929 bits per heavy atom. The lowest BCUT2D eigenvalue weighted by molar-refractivity contribution is -0.122. The number of pyridine rings is 1. The van der Waals surface area contributed by atoms with Crippen LogP contribution in [0.25, 0.3) is 21.8 Å². The van der Waals surface area contributed by atoms with Crippen LogP contribution >= 0.6 is 11.6 Å². The number of rotatable bonds is 4. The molecule has 0 saturated heterocycles. The first-order valence-corrected chi connectivity index (χ1v) is 9.48. The van der Waals surface area contributed by atoms with Gasteiger partial charge in [-0.15, -0.1) is 0 Å². The Bertz CT molecular complexity index is 1190. The molecule has 1 heterocycles. The smallest absolute Gasteiger partial charge is 0.240 e. The molecule has 1 atom stereocenters. The Morgan fingerprint density at radius 3 is 2.07 bits per heavy atom. The van der Waals surface area contributed by atoms with Crippen LogP contribution in [-0.2, 0) is 11.3 Å². The third-order valence-electron chi connectivity index (χ3n) is 4.93. The van der Waals surface area contributed by atoms with Crippen LogP contribution in [0.2, 0.25) is 5.02 Å². The fourth-order valence-corrected chi connectivity index (χ4v) is 3.88. The van der Waals surface area contributed by atoms with Crippen molar-refractivity contribution in [1.82, 2.24) is 9.88 Å². The number of hydrogen-bond acceptors (Lipinski definition) is 2. The van der Waals surface area contributed by atoms with Crippen molar-refractivity contribution in [2.24, 2.45) is 0 Å². The number of carbonyl (C=O) groups excluding carboxylic acids is 1. The van der Waals surface area contributed by atoms with E-state index in [1.807, 2.05) is 72.2 Å². The van der Waals surface area contributed by atoms with E-state index in [1.54, 1.807) is 12.1 Å². The molecule has 28 heavy (non-hydrogen) atoms. The van der Waals surface area contributed by atoms with E-state index in [1.165, 1.54) is 0 Å². The van der Waals surface area contributed by atoms with E-state index in [-0.39, 0.29) is 23.9 Å². The van der Waals surface area contributed by atoms with E-state index < -0.39 is 0 Å². The molecule has 0 bridgehead atoms. The molecule has 4 nitrogen and oxygen atoms in total. The molecule has 5 heteroatoms. The molecule has 0 radical (unpaired) electrons. The van der Waals surface area contributed by atoms with Crippen LogP contribution < -0.4 is 10.7 Å². The van der Waals surface area contributed by atoms with Gasteiger partial charge in [-0.2, -0.15) is 0 Å². The Hall–Kier alpha value is -3.11. The monoisotopic (exact) mass is 390 g/mol. The summed E-state index contributed by atoms with van der Waals surface area (Å²) in [5.74, 6) is -0.147. The second kappa shape index (κ2) is 7.49. The van der Waals surface area contributed by atoms with Crippen LogP contribution in [0.15, 0.2) is 77.6 Å². The van der Waals surface area contributed by atoms with E-state index in [2.05, 4.69) is 5.32 Å². The third kappa shape index (κ3) is 3.27. The second-order valence-electron chi connectivity index (χ2n) is 6.76. The summed E-state index contributed by atoms with van der Waals surface area (Å²) in [4.78, 5) is 25.6. The van der Waals surface area contributed by atoms with Crippen LogP contribution in [0.1, 0.15) is 18.5 Å². The van der Waals surface area contributed by atoms with Gasteiger partial charge in [-0.25, -0.2) is 0 Å². The molecule has 0 aliphatic carbocycles. The second-order valence-corrected chi connectivity index (χ2v) is 7.17. The molecule has 1 N–H and O–H groups in total. The van der Waals surface area contributed by atoms with Crippen LogP contribution in [-0.4, -0.2) is 10.5 Å². The number of aromatic nitrogens is 1.